The zero-order chi connectivity index (χ0) is 29.1. The van der Waals surface area contributed by atoms with Gasteiger partial charge in [0.15, 0.2) is 6.04 Å². The smallest absolute Gasteiger partial charge is 0.333 e. The van der Waals surface area contributed by atoms with E-state index in [0.29, 0.717) is 42.4 Å². The highest BCUT2D eigenvalue weighted by Gasteiger charge is 2.36. The molecule has 0 radical (unpaired) electrons. The van der Waals surface area contributed by atoms with Gasteiger partial charge in [0, 0.05) is 23.8 Å². The van der Waals surface area contributed by atoms with E-state index in [1.807, 2.05) is 56.0 Å². The van der Waals surface area contributed by atoms with Gasteiger partial charge >= 0.3 is 5.97 Å². The fourth-order valence-electron chi connectivity index (χ4n) is 4.41. The molecule has 1 aromatic heterocycles. The Balaban J connectivity index is 1.61. The Hall–Kier alpha value is -3.26. The number of nitrogens with zero attached hydrogens (tertiary/aromatic N) is 2. The first kappa shape index (κ1) is 31.3. The first-order valence-electron chi connectivity index (χ1n) is 13.8. The highest BCUT2D eigenvalue weighted by molar-refractivity contribution is 8.00. The number of allylic oxidation sites excluding steroid dienone is 4. The maximum atomic E-state index is 12.9. The Bertz CT molecular complexity index is 1240. The Kier molecular flexibility index (Phi) is 11.7. The Labute approximate surface area is 242 Å². The number of fused-ring (bicyclic) bond motifs is 1. The molecule has 1 atom stereocenters. The summed E-state index contributed by atoms with van der Waals surface area (Å²) in [4.78, 5) is 31.8. The van der Waals surface area contributed by atoms with E-state index in [2.05, 4.69) is 31.8 Å². The summed E-state index contributed by atoms with van der Waals surface area (Å²) in [7, 11) is 1.34. The molecular weight excluding hydrogens is 524 g/mol. The number of hydrogen-bond acceptors (Lipinski definition) is 7. The van der Waals surface area contributed by atoms with Crippen molar-refractivity contribution in [3.8, 4) is 5.75 Å². The van der Waals surface area contributed by atoms with E-state index in [-0.39, 0.29) is 5.91 Å². The Morgan fingerprint density at radius 2 is 2.05 bits per heavy atom. The van der Waals surface area contributed by atoms with Gasteiger partial charge in [0.2, 0.25) is 11.8 Å². The first-order valence-corrected chi connectivity index (χ1v) is 14.8. The second-order valence-corrected chi connectivity index (χ2v) is 12.5. The van der Waals surface area contributed by atoms with Crippen LogP contribution in [0.2, 0.25) is 0 Å². The average molecular weight is 567 g/mol. The zero-order valence-electron chi connectivity index (χ0n) is 24.6. The number of amides is 1. The van der Waals surface area contributed by atoms with Gasteiger partial charge in [0.25, 0.3) is 0 Å². The van der Waals surface area contributed by atoms with Gasteiger partial charge in [0.1, 0.15) is 11.5 Å². The van der Waals surface area contributed by atoms with E-state index in [9.17, 15) is 9.59 Å². The predicted octanol–water partition coefficient (Wildman–Crippen LogP) is 6.66. The second kappa shape index (κ2) is 14.9. The molecule has 2 aromatic rings. The normalized spacial score (nSPS) is 15.8. The SMILES string of the molecule is CC=CC=CC(=O)N1CCc2ccc(OCCc3nc(/C=C/CCCSC(C)(C)C)oc3C)cc2C1C(=O)OC. The Morgan fingerprint density at radius 1 is 1.25 bits per heavy atom. The molecule has 8 heteroatoms. The molecule has 0 saturated heterocycles. The minimum absolute atomic E-state index is 0.236. The summed E-state index contributed by atoms with van der Waals surface area (Å²) in [5.41, 5.74) is 2.59. The van der Waals surface area contributed by atoms with Crippen LogP contribution in [0.5, 0.6) is 5.75 Å². The van der Waals surface area contributed by atoms with Crippen molar-refractivity contribution in [3.63, 3.8) is 0 Å². The molecule has 1 aromatic carbocycles. The molecule has 3 rings (SSSR count). The summed E-state index contributed by atoms with van der Waals surface area (Å²) < 4.78 is 17.2. The van der Waals surface area contributed by atoms with Crippen LogP contribution in [0.3, 0.4) is 0 Å². The van der Waals surface area contributed by atoms with Crippen molar-refractivity contribution in [2.24, 2.45) is 0 Å². The molecule has 1 unspecified atom stereocenters. The third-order valence-corrected chi connectivity index (χ3v) is 7.78. The molecule has 0 spiro atoms. The lowest BCUT2D eigenvalue weighted by atomic mass is 9.92. The van der Waals surface area contributed by atoms with Crippen LogP contribution < -0.4 is 4.74 Å². The van der Waals surface area contributed by atoms with Gasteiger partial charge in [-0.3, -0.25) is 4.79 Å². The van der Waals surface area contributed by atoms with E-state index >= 15 is 0 Å². The monoisotopic (exact) mass is 566 g/mol. The van der Waals surface area contributed by atoms with Crippen molar-refractivity contribution in [2.45, 2.75) is 71.1 Å². The maximum Gasteiger partial charge on any atom is 0.333 e. The molecule has 216 valence electrons. The number of aryl methyl sites for hydroxylation is 1. The number of methoxy groups -OCH3 is 1. The summed E-state index contributed by atoms with van der Waals surface area (Å²) in [5.74, 6) is 2.44. The standard InChI is InChI=1S/C32H42N2O5S/c1-7-8-10-14-29(35)34-19-17-24-15-16-25(22-26(24)30(34)31(36)37-6)38-20-18-27-23(2)39-28(33-27)13-11-9-12-21-40-32(3,4)5/h7-8,10-11,13-16,22,30H,9,12,17-21H2,1-6H3/b8-7?,13-11+,14-10?. The van der Waals surface area contributed by atoms with Crippen LogP contribution in [0.1, 0.15) is 75.1 Å². The van der Waals surface area contributed by atoms with Crippen LogP contribution in [0, 0.1) is 6.92 Å². The van der Waals surface area contributed by atoms with E-state index in [0.717, 1.165) is 41.2 Å². The van der Waals surface area contributed by atoms with Crippen molar-refractivity contribution in [1.29, 1.82) is 0 Å². The number of oxazole rings is 1. The highest BCUT2D eigenvalue weighted by Crippen LogP contribution is 2.34. The predicted molar refractivity (Wildman–Crippen MR) is 161 cm³/mol. The number of carbonyl (C=O) groups excluding carboxylic acids is 2. The van der Waals surface area contributed by atoms with Gasteiger partial charge < -0.3 is 18.8 Å². The fraction of sp³-hybridized carbons (Fsp3) is 0.469. The lowest BCUT2D eigenvalue weighted by Gasteiger charge is -2.35. The van der Waals surface area contributed by atoms with E-state index in [4.69, 9.17) is 13.9 Å². The van der Waals surface area contributed by atoms with Crippen LogP contribution in [0.15, 0.2) is 53.0 Å². The van der Waals surface area contributed by atoms with E-state index in [1.54, 1.807) is 17.1 Å². The molecule has 7 nitrogen and oxygen atoms in total. The fourth-order valence-corrected chi connectivity index (χ4v) is 5.34. The van der Waals surface area contributed by atoms with Crippen LogP contribution in [0.4, 0.5) is 0 Å². The Morgan fingerprint density at radius 3 is 2.77 bits per heavy atom. The van der Waals surface area contributed by atoms with Crippen molar-refractivity contribution in [2.75, 3.05) is 26.0 Å². The van der Waals surface area contributed by atoms with Gasteiger partial charge in [-0.1, -0.05) is 51.1 Å². The third kappa shape index (κ3) is 9.15. The minimum Gasteiger partial charge on any atom is -0.493 e. The number of ether oxygens (including phenoxy) is 2. The van der Waals surface area contributed by atoms with Gasteiger partial charge in [-0.25, -0.2) is 9.78 Å². The summed E-state index contributed by atoms with van der Waals surface area (Å²) in [6, 6.07) is 4.88. The summed E-state index contributed by atoms with van der Waals surface area (Å²) in [6.07, 6.45) is 14.2. The van der Waals surface area contributed by atoms with Gasteiger partial charge in [0.05, 0.1) is 19.4 Å². The second-order valence-electron chi connectivity index (χ2n) is 10.6. The quantitative estimate of drug-likeness (QED) is 0.123. The molecule has 0 fully saturated rings. The molecule has 2 heterocycles. The van der Waals surface area contributed by atoms with Crippen molar-refractivity contribution < 1.29 is 23.5 Å². The largest absolute Gasteiger partial charge is 0.493 e. The number of aromatic nitrogens is 1. The molecule has 0 saturated carbocycles. The van der Waals surface area contributed by atoms with Crippen molar-refractivity contribution in [3.05, 3.63) is 77.1 Å². The molecular formula is C32H42N2O5S. The molecule has 1 amide bonds. The van der Waals surface area contributed by atoms with Gasteiger partial charge in [-0.15, -0.1) is 0 Å². The highest BCUT2D eigenvalue weighted by atomic mass is 32.2. The molecule has 1 aliphatic heterocycles. The van der Waals surface area contributed by atoms with Gasteiger partial charge in [-0.05, 0) is 68.2 Å². The molecule has 40 heavy (non-hydrogen) atoms. The summed E-state index contributed by atoms with van der Waals surface area (Å²) in [5, 5.41) is 0. The lowest BCUT2D eigenvalue weighted by Crippen LogP contribution is -2.43. The van der Waals surface area contributed by atoms with Crippen LogP contribution in [-0.2, 0) is 27.2 Å². The summed E-state index contributed by atoms with van der Waals surface area (Å²) in [6.45, 7) is 11.3. The molecule has 0 aliphatic carbocycles. The number of thioether (sulfide) groups is 1. The molecule has 1 aliphatic rings. The average Bonchev–Trinajstić information content (AvgIpc) is 3.27. The van der Waals surface area contributed by atoms with Crippen LogP contribution in [0.25, 0.3) is 6.08 Å². The van der Waals surface area contributed by atoms with E-state index in [1.165, 1.54) is 13.2 Å². The minimum atomic E-state index is -0.820. The number of carbonyl (C=O) groups is 2. The number of benzene rings is 1. The first-order chi connectivity index (χ1) is 19.1. The number of esters is 1. The van der Waals surface area contributed by atoms with Crippen LogP contribution >= 0.6 is 11.8 Å². The number of unbranched alkanes of at least 4 members (excludes halogenated alkanes) is 1. The lowest BCUT2D eigenvalue weighted by molar-refractivity contribution is -0.152. The van der Waals surface area contributed by atoms with Crippen molar-refractivity contribution in [1.82, 2.24) is 9.88 Å². The topological polar surface area (TPSA) is 81.9 Å². The maximum absolute atomic E-state index is 12.9. The van der Waals surface area contributed by atoms with E-state index < -0.39 is 12.0 Å². The number of hydrogen-bond donors (Lipinski definition) is 0. The van der Waals surface area contributed by atoms with Crippen LogP contribution in [-0.4, -0.2) is 52.5 Å². The summed E-state index contributed by atoms with van der Waals surface area (Å²) >= 11 is 1.98. The number of rotatable bonds is 12. The van der Waals surface area contributed by atoms with Crippen molar-refractivity contribution >= 4 is 29.7 Å². The van der Waals surface area contributed by atoms with Gasteiger partial charge in [-0.2, -0.15) is 11.8 Å². The third-order valence-electron chi connectivity index (χ3n) is 6.42. The zero-order valence-corrected chi connectivity index (χ0v) is 25.4. The molecule has 0 N–H and O–H groups in total. The molecule has 0 bridgehead atoms.